The molecule has 1 aliphatic heterocycles. The minimum atomic E-state index is -1.14. The molecule has 0 radical (unpaired) electrons. The van der Waals surface area contributed by atoms with Crippen molar-refractivity contribution in [1.29, 1.82) is 5.26 Å². The lowest BCUT2D eigenvalue weighted by molar-refractivity contribution is 0.0318. The van der Waals surface area contributed by atoms with Crippen LogP contribution in [0.25, 0.3) is 0 Å². The molecule has 1 spiro atoms. The maximum Gasteiger partial charge on any atom is 0.0994 e. The molecule has 1 N–H and O–H groups in total. The number of piperidine rings is 1. The first kappa shape index (κ1) is 20.5. The van der Waals surface area contributed by atoms with Crippen molar-refractivity contribution < 1.29 is 4.21 Å². The van der Waals surface area contributed by atoms with E-state index >= 15 is 0 Å². The van der Waals surface area contributed by atoms with Crippen LogP contribution >= 0.6 is 0 Å². The Kier molecular flexibility index (Phi) is 5.31. The van der Waals surface area contributed by atoms with Crippen molar-refractivity contribution in [3.63, 3.8) is 0 Å². The highest BCUT2D eigenvalue weighted by atomic mass is 32.2. The van der Waals surface area contributed by atoms with Crippen molar-refractivity contribution in [2.24, 2.45) is 5.41 Å². The lowest BCUT2D eigenvalue weighted by atomic mass is 9.72. The van der Waals surface area contributed by atoms with Gasteiger partial charge in [-0.1, -0.05) is 12.1 Å². The van der Waals surface area contributed by atoms with Crippen molar-refractivity contribution in [2.75, 3.05) is 13.1 Å². The number of hydrogen-bond donors (Lipinski definition) is 1. The Morgan fingerprint density at radius 1 is 1.19 bits per heavy atom. The van der Waals surface area contributed by atoms with Crippen LogP contribution in [0.3, 0.4) is 0 Å². The number of nitrogens with one attached hydrogen (secondary N) is 1. The molecule has 0 bridgehead atoms. The zero-order chi connectivity index (χ0) is 20.0. The molecule has 2 atom stereocenters. The average molecular weight is 388 g/mol. The van der Waals surface area contributed by atoms with E-state index in [0.29, 0.717) is 0 Å². The molecule has 27 heavy (non-hydrogen) atoms. The van der Waals surface area contributed by atoms with Gasteiger partial charge in [-0.25, -0.2) is 8.93 Å². The molecule has 0 amide bonds. The minimum absolute atomic E-state index is 0.0396. The molecule has 0 aromatic heterocycles. The van der Waals surface area contributed by atoms with E-state index in [1.165, 1.54) is 5.56 Å². The summed E-state index contributed by atoms with van der Waals surface area (Å²) in [6, 6.07) is 8.42. The van der Waals surface area contributed by atoms with Crippen molar-refractivity contribution in [3.05, 3.63) is 34.9 Å². The highest BCUT2D eigenvalue weighted by Crippen LogP contribution is 2.53. The summed E-state index contributed by atoms with van der Waals surface area (Å²) in [7, 11) is -1.14. The van der Waals surface area contributed by atoms with E-state index in [0.717, 1.165) is 43.5 Å². The van der Waals surface area contributed by atoms with Crippen LogP contribution < -0.4 is 4.72 Å². The molecule has 1 aromatic rings. The number of fused-ring (bicyclic) bond motifs is 1. The molecule has 148 valence electrons. The van der Waals surface area contributed by atoms with Gasteiger partial charge in [0, 0.05) is 5.54 Å². The molecular formula is C22H33N3OS. The van der Waals surface area contributed by atoms with Crippen LogP contribution in [-0.4, -0.2) is 32.5 Å². The first-order valence-electron chi connectivity index (χ1n) is 9.93. The van der Waals surface area contributed by atoms with Crippen molar-refractivity contribution in [2.45, 2.75) is 77.1 Å². The first-order chi connectivity index (χ1) is 12.5. The summed E-state index contributed by atoms with van der Waals surface area (Å²) in [5.41, 5.74) is 3.32. The normalized spacial score (nSPS) is 23.8. The Balaban J connectivity index is 1.96. The van der Waals surface area contributed by atoms with E-state index in [-0.39, 0.29) is 21.7 Å². The van der Waals surface area contributed by atoms with Gasteiger partial charge in [-0.3, -0.25) is 4.90 Å². The molecule has 5 heteroatoms. The summed E-state index contributed by atoms with van der Waals surface area (Å²) in [6.07, 6.45) is 3.02. The van der Waals surface area contributed by atoms with Crippen molar-refractivity contribution in [1.82, 2.24) is 9.62 Å². The van der Waals surface area contributed by atoms with Gasteiger partial charge in [-0.2, -0.15) is 5.26 Å². The van der Waals surface area contributed by atoms with Crippen LogP contribution in [-0.2, 0) is 17.4 Å². The SMILES string of the molecule is CC(C)(C)N1CCC2(CC1)Cc1c(C#N)cccc1[C@H]2N[S@](=O)C(C)(C)C. The Morgan fingerprint density at radius 2 is 1.81 bits per heavy atom. The molecule has 4 nitrogen and oxygen atoms in total. The predicted molar refractivity (Wildman–Crippen MR) is 112 cm³/mol. The third kappa shape index (κ3) is 3.85. The van der Waals surface area contributed by atoms with E-state index in [2.05, 4.69) is 42.5 Å². The molecule has 3 rings (SSSR count). The van der Waals surface area contributed by atoms with Gasteiger partial charge >= 0.3 is 0 Å². The monoisotopic (exact) mass is 387 g/mol. The summed E-state index contributed by atoms with van der Waals surface area (Å²) in [5.74, 6) is 0. The molecular weight excluding hydrogens is 354 g/mol. The third-order valence-electron chi connectivity index (χ3n) is 6.27. The highest BCUT2D eigenvalue weighted by molar-refractivity contribution is 7.84. The number of likely N-dealkylation sites (tertiary alicyclic amines) is 1. The van der Waals surface area contributed by atoms with Gasteiger partial charge in [0.1, 0.15) is 0 Å². The Hall–Kier alpha value is -1.22. The Bertz CT molecular complexity index is 774. The fourth-order valence-electron chi connectivity index (χ4n) is 4.52. The van der Waals surface area contributed by atoms with Crippen LogP contribution in [0, 0.1) is 16.7 Å². The molecule has 1 fully saturated rings. The average Bonchev–Trinajstić information content (AvgIpc) is 2.87. The quantitative estimate of drug-likeness (QED) is 0.831. The number of benzene rings is 1. The molecule has 2 aliphatic rings. The zero-order valence-corrected chi connectivity index (χ0v) is 18.4. The summed E-state index contributed by atoms with van der Waals surface area (Å²) in [6.45, 7) is 14.9. The summed E-state index contributed by atoms with van der Waals surface area (Å²) in [5, 5.41) is 9.60. The van der Waals surface area contributed by atoms with Crippen LogP contribution in [0.2, 0.25) is 0 Å². The Morgan fingerprint density at radius 3 is 2.33 bits per heavy atom. The fraction of sp³-hybridized carbons (Fsp3) is 0.682. The van der Waals surface area contributed by atoms with Gasteiger partial charge in [0.15, 0.2) is 0 Å². The van der Waals surface area contributed by atoms with Crippen LogP contribution in [0.15, 0.2) is 18.2 Å². The second kappa shape index (κ2) is 6.99. The second-order valence-corrected chi connectivity index (χ2v) is 12.1. The topological polar surface area (TPSA) is 56.1 Å². The smallest absolute Gasteiger partial charge is 0.0994 e. The molecule has 1 heterocycles. The lowest BCUT2D eigenvalue weighted by Crippen LogP contribution is -2.52. The predicted octanol–water partition coefficient (Wildman–Crippen LogP) is 4.09. The minimum Gasteiger partial charge on any atom is -0.298 e. The molecule has 1 saturated heterocycles. The van der Waals surface area contributed by atoms with Crippen LogP contribution in [0.4, 0.5) is 0 Å². The molecule has 1 aromatic carbocycles. The summed E-state index contributed by atoms with van der Waals surface area (Å²) in [4.78, 5) is 2.55. The fourth-order valence-corrected chi connectivity index (χ4v) is 5.47. The van der Waals surface area contributed by atoms with E-state index in [9.17, 15) is 9.47 Å². The Labute approximate surface area is 166 Å². The van der Waals surface area contributed by atoms with Gasteiger partial charge in [0.05, 0.1) is 33.4 Å². The standard InChI is InChI=1S/C22H33N3OS/c1-20(2,3)25-12-10-22(11-13-25)14-18-16(15-23)8-7-9-17(18)19(22)24-27(26)21(4,5)6/h7-9,19,24H,10-14H2,1-6H3/t19-,27-/m1/s1. The number of nitriles is 1. The van der Waals surface area contributed by atoms with E-state index in [1.807, 2.05) is 32.9 Å². The maximum atomic E-state index is 13.0. The van der Waals surface area contributed by atoms with E-state index in [4.69, 9.17) is 0 Å². The van der Waals surface area contributed by atoms with Gasteiger partial charge in [0.2, 0.25) is 0 Å². The summed E-state index contributed by atoms with van der Waals surface area (Å²) < 4.78 is 16.1. The number of hydrogen-bond acceptors (Lipinski definition) is 3. The second-order valence-electron chi connectivity index (χ2n) is 10.1. The van der Waals surface area contributed by atoms with Gasteiger partial charge in [0.25, 0.3) is 0 Å². The zero-order valence-electron chi connectivity index (χ0n) is 17.6. The molecule has 0 unspecified atom stereocenters. The van der Waals surface area contributed by atoms with Gasteiger partial charge in [-0.15, -0.1) is 0 Å². The van der Waals surface area contributed by atoms with E-state index in [1.54, 1.807) is 0 Å². The van der Waals surface area contributed by atoms with Gasteiger partial charge < -0.3 is 0 Å². The van der Waals surface area contributed by atoms with Crippen molar-refractivity contribution >= 4 is 11.0 Å². The molecule has 1 aliphatic carbocycles. The van der Waals surface area contributed by atoms with Crippen molar-refractivity contribution in [3.8, 4) is 6.07 Å². The molecule has 0 saturated carbocycles. The number of rotatable bonds is 2. The van der Waals surface area contributed by atoms with Gasteiger partial charge in [-0.05, 0) is 96.5 Å². The maximum absolute atomic E-state index is 13.0. The highest BCUT2D eigenvalue weighted by Gasteiger charge is 2.50. The summed E-state index contributed by atoms with van der Waals surface area (Å²) >= 11 is 0. The number of nitrogens with zero attached hydrogens (tertiary/aromatic N) is 2. The first-order valence-corrected chi connectivity index (χ1v) is 11.1. The largest absolute Gasteiger partial charge is 0.298 e. The lowest BCUT2D eigenvalue weighted by Gasteiger charge is -2.48. The van der Waals surface area contributed by atoms with Crippen LogP contribution in [0.5, 0.6) is 0 Å². The van der Waals surface area contributed by atoms with E-state index < -0.39 is 11.0 Å². The third-order valence-corrected chi connectivity index (χ3v) is 7.84. The van der Waals surface area contributed by atoms with Crippen LogP contribution in [0.1, 0.15) is 77.1 Å².